The summed E-state index contributed by atoms with van der Waals surface area (Å²) in [6, 6.07) is 77.2. The molecule has 0 bridgehead atoms. The third-order valence-corrected chi connectivity index (χ3v) is 11.6. The quantitative estimate of drug-likeness (QED) is 0.160. The molecule has 0 saturated carbocycles. The molecule has 0 N–H and O–H groups in total. The van der Waals surface area contributed by atoms with Crippen LogP contribution in [0, 0.1) is 0 Å². The zero-order valence-electron chi connectivity index (χ0n) is 29.6. The van der Waals surface area contributed by atoms with Crippen LogP contribution in [0.15, 0.2) is 212 Å². The van der Waals surface area contributed by atoms with Crippen molar-refractivity contribution in [2.45, 2.75) is 0 Å². The first-order chi connectivity index (χ1) is 26.8. The molecular formula is C52H35NS. The third-order valence-electron chi connectivity index (χ3n) is 10.4. The average Bonchev–Trinajstić information content (AvgIpc) is 3.63. The Labute approximate surface area is 319 Å². The summed E-state index contributed by atoms with van der Waals surface area (Å²) in [6.07, 6.45) is 0. The molecule has 1 nitrogen and oxygen atoms in total. The van der Waals surface area contributed by atoms with Crippen LogP contribution >= 0.6 is 11.3 Å². The van der Waals surface area contributed by atoms with Gasteiger partial charge in [-0.1, -0.05) is 164 Å². The largest absolute Gasteiger partial charge is 0.310 e. The van der Waals surface area contributed by atoms with Gasteiger partial charge < -0.3 is 4.90 Å². The van der Waals surface area contributed by atoms with Gasteiger partial charge in [0.2, 0.25) is 0 Å². The van der Waals surface area contributed by atoms with E-state index in [1.54, 1.807) is 0 Å². The molecule has 0 atom stereocenters. The van der Waals surface area contributed by atoms with Gasteiger partial charge in [0.15, 0.2) is 0 Å². The Kier molecular flexibility index (Phi) is 8.09. The van der Waals surface area contributed by atoms with Crippen molar-refractivity contribution < 1.29 is 0 Å². The van der Waals surface area contributed by atoms with Crippen molar-refractivity contribution in [3.8, 4) is 44.5 Å². The highest BCUT2D eigenvalue weighted by molar-refractivity contribution is 7.26. The lowest BCUT2D eigenvalue weighted by atomic mass is 9.94. The monoisotopic (exact) mass is 705 g/mol. The zero-order valence-corrected chi connectivity index (χ0v) is 30.4. The summed E-state index contributed by atoms with van der Waals surface area (Å²) in [5.41, 5.74) is 13.0. The SMILES string of the molecule is c1ccc(-c2ccc(-c3c(N(c4cccc(-c5ccccc5)c4)c4ccc5cc(-c6ccccc6)ccc5c4)ccc4sc5ccccc5c34)cc2)cc1. The van der Waals surface area contributed by atoms with E-state index in [-0.39, 0.29) is 0 Å². The number of hydrogen-bond donors (Lipinski definition) is 0. The highest BCUT2D eigenvalue weighted by Crippen LogP contribution is 2.49. The van der Waals surface area contributed by atoms with Crippen LogP contribution in [-0.2, 0) is 0 Å². The number of thiophene rings is 1. The minimum atomic E-state index is 1.11. The van der Waals surface area contributed by atoms with Gasteiger partial charge in [0.25, 0.3) is 0 Å². The fourth-order valence-electron chi connectivity index (χ4n) is 7.81. The second-order valence-electron chi connectivity index (χ2n) is 13.7. The second kappa shape index (κ2) is 13.7. The predicted octanol–water partition coefficient (Wildman–Crippen LogP) is 15.3. The number of rotatable bonds is 7. The van der Waals surface area contributed by atoms with Crippen LogP contribution in [0.3, 0.4) is 0 Å². The van der Waals surface area contributed by atoms with Gasteiger partial charge >= 0.3 is 0 Å². The van der Waals surface area contributed by atoms with Crippen LogP contribution in [0.25, 0.3) is 75.5 Å². The Balaban J connectivity index is 1.22. The van der Waals surface area contributed by atoms with Crippen molar-refractivity contribution in [1.82, 2.24) is 0 Å². The average molecular weight is 706 g/mol. The van der Waals surface area contributed by atoms with Crippen molar-refractivity contribution in [2.75, 3.05) is 4.90 Å². The van der Waals surface area contributed by atoms with E-state index in [0.717, 1.165) is 17.1 Å². The van der Waals surface area contributed by atoms with Gasteiger partial charge in [0, 0.05) is 37.1 Å². The number of fused-ring (bicyclic) bond motifs is 4. The molecule has 0 radical (unpaired) electrons. The minimum Gasteiger partial charge on any atom is -0.310 e. The van der Waals surface area contributed by atoms with Gasteiger partial charge in [-0.15, -0.1) is 11.3 Å². The predicted molar refractivity (Wildman–Crippen MR) is 233 cm³/mol. The van der Waals surface area contributed by atoms with Crippen molar-refractivity contribution in [3.63, 3.8) is 0 Å². The molecule has 54 heavy (non-hydrogen) atoms. The molecule has 0 amide bonds. The lowest BCUT2D eigenvalue weighted by Crippen LogP contribution is -2.11. The molecule has 10 aromatic rings. The summed E-state index contributed by atoms with van der Waals surface area (Å²) in [6.45, 7) is 0. The molecule has 0 spiro atoms. The Bertz CT molecular complexity index is 2910. The first kappa shape index (κ1) is 32.0. The fourth-order valence-corrected chi connectivity index (χ4v) is 8.92. The molecule has 1 heterocycles. The van der Waals surface area contributed by atoms with Crippen LogP contribution in [0.1, 0.15) is 0 Å². The summed E-state index contributed by atoms with van der Waals surface area (Å²) >= 11 is 1.87. The van der Waals surface area contributed by atoms with Gasteiger partial charge in [0.1, 0.15) is 0 Å². The molecule has 254 valence electrons. The molecule has 9 aromatic carbocycles. The zero-order chi connectivity index (χ0) is 35.8. The van der Waals surface area contributed by atoms with Crippen molar-refractivity contribution in [3.05, 3.63) is 212 Å². The number of anilines is 3. The van der Waals surface area contributed by atoms with Gasteiger partial charge in [-0.3, -0.25) is 0 Å². The molecule has 0 aliphatic heterocycles. The normalized spacial score (nSPS) is 11.3. The molecule has 0 aliphatic carbocycles. The standard InChI is InChI=1S/C52H35NS/c1-4-13-36(14-5-1)39-23-25-40(26-24-39)51-48(31-32-50-52(51)47-21-10-11-22-49(47)54-50)53(45-20-12-19-41(34-45)37-15-6-2-7-16-37)46-30-29-43-33-42(27-28-44(43)35-46)38-17-8-3-9-18-38/h1-35H. The Morgan fingerprint density at radius 2 is 0.833 bits per heavy atom. The summed E-state index contributed by atoms with van der Waals surface area (Å²) < 4.78 is 2.58. The van der Waals surface area contributed by atoms with Crippen molar-refractivity contribution in [2.24, 2.45) is 0 Å². The first-order valence-electron chi connectivity index (χ1n) is 18.4. The Hall–Kier alpha value is -6.74. The lowest BCUT2D eigenvalue weighted by Gasteiger charge is -2.29. The molecule has 0 aliphatic rings. The van der Waals surface area contributed by atoms with E-state index in [1.165, 1.54) is 75.5 Å². The number of nitrogens with zero attached hydrogens (tertiary/aromatic N) is 1. The van der Waals surface area contributed by atoms with Crippen LogP contribution < -0.4 is 4.90 Å². The summed E-state index contributed by atoms with van der Waals surface area (Å²) in [4.78, 5) is 2.46. The maximum absolute atomic E-state index is 2.46. The van der Waals surface area contributed by atoms with E-state index in [2.05, 4.69) is 217 Å². The highest BCUT2D eigenvalue weighted by Gasteiger charge is 2.22. The Morgan fingerprint density at radius 1 is 0.315 bits per heavy atom. The van der Waals surface area contributed by atoms with Crippen LogP contribution in [0.5, 0.6) is 0 Å². The van der Waals surface area contributed by atoms with Crippen LogP contribution in [0.4, 0.5) is 17.1 Å². The van der Waals surface area contributed by atoms with Crippen molar-refractivity contribution >= 4 is 59.3 Å². The third kappa shape index (κ3) is 5.84. The highest BCUT2D eigenvalue weighted by atomic mass is 32.1. The minimum absolute atomic E-state index is 1.11. The molecule has 0 unspecified atom stereocenters. The summed E-state index contributed by atoms with van der Waals surface area (Å²) in [5.74, 6) is 0. The molecular weight excluding hydrogens is 671 g/mol. The molecule has 0 saturated heterocycles. The lowest BCUT2D eigenvalue weighted by molar-refractivity contribution is 1.29. The summed E-state index contributed by atoms with van der Waals surface area (Å²) in [5, 5.41) is 4.99. The van der Waals surface area contributed by atoms with Crippen molar-refractivity contribution in [1.29, 1.82) is 0 Å². The maximum Gasteiger partial charge on any atom is 0.0547 e. The molecule has 2 heteroatoms. The maximum atomic E-state index is 2.46. The Morgan fingerprint density at radius 3 is 1.56 bits per heavy atom. The smallest absolute Gasteiger partial charge is 0.0547 e. The van der Waals surface area contributed by atoms with E-state index in [0.29, 0.717) is 0 Å². The van der Waals surface area contributed by atoms with Gasteiger partial charge in [-0.2, -0.15) is 0 Å². The van der Waals surface area contributed by atoms with E-state index in [1.807, 2.05) is 11.3 Å². The van der Waals surface area contributed by atoms with E-state index in [9.17, 15) is 0 Å². The first-order valence-corrected chi connectivity index (χ1v) is 19.2. The summed E-state index contributed by atoms with van der Waals surface area (Å²) in [7, 11) is 0. The second-order valence-corrected chi connectivity index (χ2v) is 14.8. The number of benzene rings is 9. The van der Waals surface area contributed by atoms with E-state index < -0.39 is 0 Å². The van der Waals surface area contributed by atoms with E-state index in [4.69, 9.17) is 0 Å². The molecule has 1 aromatic heterocycles. The van der Waals surface area contributed by atoms with Gasteiger partial charge in [-0.25, -0.2) is 0 Å². The van der Waals surface area contributed by atoms with Gasteiger partial charge in [-0.05, 0) is 98.2 Å². The molecule has 0 fully saturated rings. The fraction of sp³-hybridized carbons (Fsp3) is 0. The number of hydrogen-bond acceptors (Lipinski definition) is 2. The van der Waals surface area contributed by atoms with Crippen LogP contribution in [-0.4, -0.2) is 0 Å². The van der Waals surface area contributed by atoms with Gasteiger partial charge in [0.05, 0.1) is 5.69 Å². The van der Waals surface area contributed by atoms with E-state index >= 15 is 0 Å². The van der Waals surface area contributed by atoms with Crippen LogP contribution in [0.2, 0.25) is 0 Å². The molecule has 10 rings (SSSR count). The topological polar surface area (TPSA) is 3.24 Å².